The number of halogens is 1. The van der Waals surface area contributed by atoms with Crippen molar-refractivity contribution in [3.63, 3.8) is 0 Å². The Morgan fingerprint density at radius 1 is 0.378 bits per heavy atom. The van der Waals surface area contributed by atoms with Crippen molar-refractivity contribution >= 4 is 28.6 Å². The zero-order valence-electron chi connectivity index (χ0n) is 26.5. The van der Waals surface area contributed by atoms with Gasteiger partial charge in [-0.3, -0.25) is 0 Å². The summed E-state index contributed by atoms with van der Waals surface area (Å²) < 4.78 is 65.9. The summed E-state index contributed by atoms with van der Waals surface area (Å²) in [6.07, 6.45) is 0. The van der Waals surface area contributed by atoms with Crippen molar-refractivity contribution in [3.8, 4) is 0 Å². The summed E-state index contributed by atoms with van der Waals surface area (Å²) in [5, 5.41) is 0. The molecule has 0 heterocycles. The first-order chi connectivity index (χ1) is 22.3. The van der Waals surface area contributed by atoms with E-state index in [9.17, 15) is 4.79 Å². The van der Waals surface area contributed by atoms with Gasteiger partial charge in [0.1, 0.15) is 6.61 Å². The van der Waals surface area contributed by atoms with Gasteiger partial charge in [0.25, 0.3) is 0 Å². The summed E-state index contributed by atoms with van der Waals surface area (Å²) >= 11 is 2.27. The smallest absolute Gasteiger partial charge is 0.338 e. The van der Waals surface area contributed by atoms with Crippen LogP contribution in [0.2, 0.25) is 0 Å². The lowest BCUT2D eigenvalue weighted by Crippen LogP contribution is -2.15. The maximum absolute atomic E-state index is 11.8. The number of rotatable bonds is 36. The molecule has 0 aromatic heterocycles. The molecule has 0 aliphatic heterocycles. The van der Waals surface area contributed by atoms with Crippen LogP contribution in [0, 0.1) is 0 Å². The average molecular weight is 761 g/mol. The molecule has 1 rings (SSSR count). The van der Waals surface area contributed by atoms with Crippen molar-refractivity contribution in [2.45, 2.75) is 0 Å². The predicted molar refractivity (Wildman–Crippen MR) is 175 cm³/mol. The third-order valence-electron chi connectivity index (χ3n) is 5.41. The molecule has 0 unspecified atom stereocenters. The van der Waals surface area contributed by atoms with E-state index in [1.807, 2.05) is 6.07 Å². The van der Waals surface area contributed by atoms with E-state index in [0.29, 0.717) is 144 Å². The summed E-state index contributed by atoms with van der Waals surface area (Å²) in [6.45, 7) is 11.5. The fourth-order valence-corrected chi connectivity index (χ4v) is 3.52. The van der Waals surface area contributed by atoms with Gasteiger partial charge in [-0.25, -0.2) is 4.79 Å². The van der Waals surface area contributed by atoms with Gasteiger partial charge in [0.2, 0.25) is 0 Å². The van der Waals surface area contributed by atoms with Crippen LogP contribution in [0.3, 0.4) is 0 Å². The summed E-state index contributed by atoms with van der Waals surface area (Å²) in [7, 11) is 0. The van der Waals surface area contributed by atoms with Crippen LogP contribution in [0.1, 0.15) is 10.4 Å². The molecule has 0 saturated carbocycles. The van der Waals surface area contributed by atoms with Gasteiger partial charge in [-0.15, -0.1) is 0 Å². The molecule has 13 nitrogen and oxygen atoms in total. The van der Waals surface area contributed by atoms with Crippen molar-refractivity contribution in [1.29, 1.82) is 0 Å². The maximum atomic E-state index is 11.8. The van der Waals surface area contributed by atoms with Crippen LogP contribution in [0.25, 0.3) is 0 Å². The van der Waals surface area contributed by atoms with Crippen LogP contribution in [-0.4, -0.2) is 162 Å². The predicted octanol–water partition coefficient (Wildman–Crippen LogP) is 2.46. The van der Waals surface area contributed by atoms with Crippen LogP contribution < -0.4 is 0 Å². The average Bonchev–Trinajstić information content (AvgIpc) is 3.06. The molecule has 0 aliphatic carbocycles. The Morgan fingerprint density at radius 3 is 0.889 bits per heavy atom. The first-order valence-electron chi connectivity index (χ1n) is 15.5. The molecule has 0 amide bonds. The van der Waals surface area contributed by atoms with Crippen molar-refractivity contribution in [2.75, 3.05) is 156 Å². The zero-order valence-corrected chi connectivity index (χ0v) is 28.7. The molecule has 45 heavy (non-hydrogen) atoms. The molecule has 0 radical (unpaired) electrons. The number of hydrogen-bond acceptors (Lipinski definition) is 13. The van der Waals surface area contributed by atoms with Gasteiger partial charge in [-0.1, -0.05) is 40.8 Å². The van der Waals surface area contributed by atoms with Gasteiger partial charge in [0, 0.05) is 4.43 Å². The first kappa shape index (κ1) is 42.0. The molecule has 0 fully saturated rings. The highest BCUT2D eigenvalue weighted by molar-refractivity contribution is 14.1. The van der Waals surface area contributed by atoms with E-state index in [0.717, 1.165) is 11.0 Å². The van der Waals surface area contributed by atoms with E-state index in [1.54, 1.807) is 24.3 Å². The monoisotopic (exact) mass is 760 g/mol. The topological polar surface area (TPSA) is 128 Å². The molecular formula is C31H53IO13. The highest BCUT2D eigenvalue weighted by atomic mass is 127. The van der Waals surface area contributed by atoms with E-state index in [-0.39, 0.29) is 12.6 Å². The van der Waals surface area contributed by atoms with Crippen LogP contribution in [0.4, 0.5) is 0 Å². The summed E-state index contributed by atoms with van der Waals surface area (Å²) in [5.41, 5.74) is 0.526. The molecule has 14 heteroatoms. The Kier molecular flexibility index (Phi) is 33.4. The van der Waals surface area contributed by atoms with Crippen LogP contribution in [0.15, 0.2) is 30.3 Å². The fraction of sp³-hybridized carbons (Fsp3) is 0.774. The molecule has 0 atom stereocenters. The van der Waals surface area contributed by atoms with Gasteiger partial charge < -0.3 is 56.8 Å². The first-order valence-corrected chi connectivity index (χ1v) is 17.0. The Balaban J connectivity index is 1.63. The highest BCUT2D eigenvalue weighted by Crippen LogP contribution is 2.00. The van der Waals surface area contributed by atoms with E-state index in [2.05, 4.69) is 22.6 Å². The standard InChI is InChI=1S/C31H53IO13/c32-6-7-34-8-9-35-10-11-36-12-13-37-14-15-38-16-17-39-18-19-40-20-21-41-22-23-42-24-25-43-26-27-44-28-29-45-31(33)30-4-2-1-3-5-30/h1-5H,6-29H2. The maximum Gasteiger partial charge on any atom is 0.338 e. The normalized spacial score (nSPS) is 11.3. The third kappa shape index (κ3) is 31.4. The van der Waals surface area contributed by atoms with Gasteiger partial charge >= 0.3 is 5.97 Å². The van der Waals surface area contributed by atoms with Crippen molar-refractivity contribution in [3.05, 3.63) is 35.9 Å². The Labute approximate surface area is 281 Å². The second-order valence-corrected chi connectivity index (χ2v) is 10.0. The SMILES string of the molecule is O=C(OCCOCCOCCOCCOCCOCCOCCOCCOCCOCCOCCOCCI)c1ccccc1. The summed E-state index contributed by atoms with van der Waals surface area (Å²) in [6, 6.07) is 8.85. The highest BCUT2D eigenvalue weighted by Gasteiger charge is 2.05. The summed E-state index contributed by atoms with van der Waals surface area (Å²) in [5.74, 6) is -0.356. The Morgan fingerprint density at radius 2 is 0.622 bits per heavy atom. The Bertz CT molecular complexity index is 733. The molecule has 0 N–H and O–H groups in total. The van der Waals surface area contributed by atoms with Crippen molar-refractivity contribution < 1.29 is 61.6 Å². The van der Waals surface area contributed by atoms with E-state index in [1.165, 1.54) is 0 Å². The number of ether oxygens (including phenoxy) is 12. The molecule has 1 aromatic rings. The van der Waals surface area contributed by atoms with Crippen molar-refractivity contribution in [1.82, 2.24) is 0 Å². The molecule has 1 aromatic carbocycles. The minimum Gasteiger partial charge on any atom is -0.460 e. The van der Waals surface area contributed by atoms with Gasteiger partial charge in [-0.2, -0.15) is 0 Å². The number of alkyl halides is 1. The third-order valence-corrected chi connectivity index (χ3v) is 5.85. The zero-order chi connectivity index (χ0) is 32.1. The Hall–Kier alpha value is -1.02. The molecule has 0 bridgehead atoms. The second-order valence-electron chi connectivity index (χ2n) is 8.93. The van der Waals surface area contributed by atoms with Crippen LogP contribution >= 0.6 is 22.6 Å². The molecule has 0 spiro atoms. The number of benzene rings is 1. The van der Waals surface area contributed by atoms with Crippen molar-refractivity contribution in [2.24, 2.45) is 0 Å². The van der Waals surface area contributed by atoms with Gasteiger partial charge in [0.05, 0.1) is 151 Å². The van der Waals surface area contributed by atoms with E-state index in [4.69, 9.17) is 56.8 Å². The molecular weight excluding hydrogens is 707 g/mol. The molecule has 0 saturated heterocycles. The number of carbonyl (C=O) groups excluding carboxylic acids is 1. The fourth-order valence-electron chi connectivity index (χ4n) is 3.21. The lowest BCUT2D eigenvalue weighted by Gasteiger charge is -2.09. The van der Waals surface area contributed by atoms with Crippen LogP contribution in [0.5, 0.6) is 0 Å². The molecule has 262 valence electrons. The number of esters is 1. The van der Waals surface area contributed by atoms with Gasteiger partial charge in [-0.05, 0) is 12.1 Å². The summed E-state index contributed by atoms with van der Waals surface area (Å²) in [4.78, 5) is 11.8. The lowest BCUT2D eigenvalue weighted by molar-refractivity contribution is -0.0279. The van der Waals surface area contributed by atoms with E-state index >= 15 is 0 Å². The largest absolute Gasteiger partial charge is 0.460 e. The lowest BCUT2D eigenvalue weighted by atomic mass is 10.2. The van der Waals surface area contributed by atoms with E-state index < -0.39 is 0 Å². The number of hydrogen-bond donors (Lipinski definition) is 0. The van der Waals surface area contributed by atoms with Crippen LogP contribution in [-0.2, 0) is 56.8 Å². The number of carbonyl (C=O) groups is 1. The minimum atomic E-state index is -0.356. The second kappa shape index (κ2) is 35.8. The molecule has 0 aliphatic rings. The van der Waals surface area contributed by atoms with Gasteiger partial charge in [0.15, 0.2) is 0 Å². The minimum absolute atomic E-state index is 0.203. The quantitative estimate of drug-likeness (QED) is 0.0431.